The Morgan fingerprint density at radius 2 is 0.358 bits per heavy atom. The van der Waals surface area contributed by atoms with Crippen molar-refractivity contribution in [1.82, 2.24) is 0 Å². The highest BCUT2D eigenvalue weighted by Gasteiger charge is 2.36. The number of hydrogen-bond acceptors (Lipinski definition) is 6. The van der Waals surface area contributed by atoms with E-state index in [2.05, 4.69) is 548 Å². The minimum atomic E-state index is -0.493. The van der Waals surface area contributed by atoms with Crippen LogP contribution in [0.15, 0.2) is 605 Å². The number of rotatable bonds is 25. The first-order valence-corrected chi connectivity index (χ1v) is 55.4. The molecule has 0 aliphatic carbocycles. The van der Waals surface area contributed by atoms with Gasteiger partial charge in [-0.15, -0.1) is 0 Å². The standard InChI is InChI=1S/C38H40NS.C34H31N2OS.C34H32NS.C30H22F2NS/c1-37(2,3)29-15-13-21-35(27-29)40(36-22-14-16-30(28-36)38(4,5)6)34-25-23-33(24-26-34)39(31-17-9-7-10-18-31)32-19-11-8-12-20-32;1-4-10-29(11-5-1)36(30-12-6-2-7-13-30)31-18-22-34(23-19-31)38(32-14-8-3-9-15-32)33-20-16-28(17-21-33)35-24-26-37-27-25-35;1-34(2,3)27-19-21-29(22-20-27)35(28-13-7-4-8-14-28)30-23-25-33(26-24-30)36(31-15-9-5-10-16-31)32-17-11-6-12-18-32;31-23-11-17-28(18-12-23)34(29-19-13-24(32)14-20-29)30-21-15-27(16-22-30)33(25-7-3-1-4-8-25)26-9-5-2-6-10-26/h7-28H,1-6H3;1-23H,24-27H2;4-26H,1-3H3;1-22H/q4*+1. The van der Waals surface area contributed by atoms with Crippen molar-refractivity contribution < 1.29 is 13.5 Å². The lowest BCUT2D eigenvalue weighted by molar-refractivity contribution is 0.122. The van der Waals surface area contributed by atoms with E-state index in [9.17, 15) is 8.78 Å². The molecule has 12 heteroatoms. The minimum absolute atomic E-state index is 0.0913. The molecule has 0 aromatic heterocycles. The minimum Gasteiger partial charge on any atom is -0.378 e. The van der Waals surface area contributed by atoms with Gasteiger partial charge in [-0.05, 0) is 361 Å². The molecule has 0 radical (unpaired) electrons. The second-order valence-electron chi connectivity index (χ2n) is 39.2. The van der Waals surface area contributed by atoms with Gasteiger partial charge in [0.1, 0.15) is 11.6 Å². The smallest absolute Gasteiger partial charge is 0.166 e. The normalized spacial score (nSPS) is 12.2. The summed E-state index contributed by atoms with van der Waals surface area (Å²) in [6, 6.07) is 191. The topological polar surface area (TPSA) is 25.4 Å². The van der Waals surface area contributed by atoms with Crippen LogP contribution in [0.1, 0.15) is 79.0 Å². The number of nitrogens with zero attached hydrogens (tertiary/aromatic N) is 5. The van der Waals surface area contributed by atoms with E-state index in [1.807, 2.05) is 36.4 Å². The third kappa shape index (κ3) is 26.0. The summed E-state index contributed by atoms with van der Waals surface area (Å²) in [4.78, 5) is 26.5. The van der Waals surface area contributed by atoms with Gasteiger partial charge in [-0.2, -0.15) is 0 Å². The Balaban J connectivity index is 0.000000129. The zero-order valence-electron chi connectivity index (χ0n) is 85.3. The Hall–Kier alpha value is -15.4. The monoisotopic (exact) mass is 2010 g/mol. The number of halogens is 2. The lowest BCUT2D eigenvalue weighted by atomic mass is 9.87. The molecule has 20 aromatic carbocycles. The highest BCUT2D eigenvalue weighted by molar-refractivity contribution is 7.98. The summed E-state index contributed by atoms with van der Waals surface area (Å²) < 4.78 is 32.8. The molecule has 0 amide bonds. The molecule has 148 heavy (non-hydrogen) atoms. The number of hydrogen-bond donors (Lipinski definition) is 0. The second kappa shape index (κ2) is 48.8. The molecular weight excluding hydrogens is 1890 g/mol. The van der Waals surface area contributed by atoms with E-state index in [0.29, 0.717) is 0 Å². The molecule has 1 saturated heterocycles. The lowest BCUT2D eigenvalue weighted by Gasteiger charge is -2.28. The highest BCUT2D eigenvalue weighted by atomic mass is 32.2. The van der Waals surface area contributed by atoms with Gasteiger partial charge in [0.2, 0.25) is 0 Å². The molecule has 1 aliphatic heterocycles. The maximum Gasteiger partial charge on any atom is 0.166 e. The molecule has 1 aliphatic rings. The van der Waals surface area contributed by atoms with E-state index < -0.39 is 10.9 Å². The van der Waals surface area contributed by atoms with Gasteiger partial charge in [-0.3, -0.25) is 0 Å². The largest absolute Gasteiger partial charge is 0.378 e. The van der Waals surface area contributed by atoms with Crippen LogP contribution < -0.4 is 24.5 Å². The number of ether oxygens (including phenoxy) is 1. The van der Waals surface area contributed by atoms with Gasteiger partial charge in [-0.25, -0.2) is 8.78 Å². The maximum absolute atomic E-state index is 13.6. The van der Waals surface area contributed by atoms with Gasteiger partial charge in [-0.1, -0.05) is 281 Å². The van der Waals surface area contributed by atoms with Crippen LogP contribution in [0.25, 0.3) is 0 Å². The quantitative estimate of drug-likeness (QED) is 0.0529. The third-order valence-corrected chi connectivity index (χ3v) is 34.7. The number of anilines is 13. The molecular formula is C136H125F2N5OS4+4. The van der Waals surface area contributed by atoms with Crippen molar-refractivity contribution in [2.75, 3.05) is 50.8 Å². The third-order valence-electron chi connectivity index (χ3n) is 25.8. The van der Waals surface area contributed by atoms with Gasteiger partial charge in [0.25, 0.3) is 0 Å². The Morgan fingerprint density at radius 1 is 0.182 bits per heavy atom. The fourth-order valence-electron chi connectivity index (χ4n) is 18.1. The zero-order chi connectivity index (χ0) is 102. The second-order valence-corrected chi connectivity index (χ2v) is 47.3. The average Bonchev–Trinajstić information content (AvgIpc) is 0.805. The predicted octanol–water partition coefficient (Wildman–Crippen LogP) is 37.0. The molecule has 6 nitrogen and oxygen atoms in total. The maximum atomic E-state index is 13.6. The summed E-state index contributed by atoms with van der Waals surface area (Å²) in [7, 11) is -1.08. The lowest BCUT2D eigenvalue weighted by Crippen LogP contribution is -2.36. The van der Waals surface area contributed by atoms with E-state index >= 15 is 0 Å². The molecule has 734 valence electrons. The van der Waals surface area contributed by atoms with E-state index in [1.54, 1.807) is 24.3 Å². The van der Waals surface area contributed by atoms with Crippen LogP contribution in [-0.2, 0) is 64.6 Å². The van der Waals surface area contributed by atoms with Crippen molar-refractivity contribution in [3.63, 3.8) is 0 Å². The summed E-state index contributed by atoms with van der Waals surface area (Å²) in [6.45, 7) is 24.0. The summed E-state index contributed by atoms with van der Waals surface area (Å²) in [5.74, 6) is -0.550. The van der Waals surface area contributed by atoms with Gasteiger partial charge in [0.05, 0.1) is 56.8 Å². The number of para-hydroxylation sites is 7. The van der Waals surface area contributed by atoms with E-state index in [-0.39, 0.29) is 60.6 Å². The van der Waals surface area contributed by atoms with E-state index in [0.717, 1.165) is 109 Å². The van der Waals surface area contributed by atoms with Crippen molar-refractivity contribution >= 4 is 118 Å². The summed E-state index contributed by atoms with van der Waals surface area (Å²) in [6.07, 6.45) is 0. The number of benzene rings is 20. The Morgan fingerprint density at radius 3 is 0.581 bits per heavy atom. The van der Waals surface area contributed by atoms with Gasteiger partial charge >= 0.3 is 0 Å². The molecule has 1 unspecified atom stereocenters. The van der Waals surface area contributed by atoms with Crippen LogP contribution in [0.2, 0.25) is 0 Å². The van der Waals surface area contributed by atoms with Crippen molar-refractivity contribution in [1.29, 1.82) is 0 Å². The molecule has 0 spiro atoms. The summed E-state index contributed by atoms with van der Waals surface area (Å²) >= 11 is 0. The fourth-order valence-corrected chi connectivity index (χ4v) is 26.4. The Kier molecular flexibility index (Phi) is 33.8. The Bertz CT molecular complexity index is 7240. The van der Waals surface area contributed by atoms with Crippen molar-refractivity contribution in [3.8, 4) is 0 Å². The van der Waals surface area contributed by atoms with Crippen molar-refractivity contribution in [2.24, 2.45) is 0 Å². The Labute approximate surface area is 886 Å². The summed E-state index contributed by atoms with van der Waals surface area (Å²) in [5, 5.41) is 0. The van der Waals surface area contributed by atoms with Gasteiger partial charge in [0.15, 0.2) is 58.7 Å². The SMILES string of the molecule is CC(C)(C)c1ccc(N(c2ccccc2)c2ccc([S+](c3ccccc3)c3ccccc3)cc2)cc1.CC(C)(C)c1cccc([S+](c2ccc(N(c3ccccc3)c3ccccc3)cc2)c2cccc(C(C)(C)C)c2)c1.Fc1ccc([S+](c2ccc(F)cc2)c2ccc(N(c3ccccc3)c3ccccc3)cc2)cc1.c1ccc(N(c2ccccc2)c2ccc([S+](c3ccccc3)c3ccc(N4CCOCC4)cc3)cc2)cc1. The average molecular weight is 2010 g/mol. The summed E-state index contributed by atoms with van der Waals surface area (Å²) in [5.41, 5.74) is 19.2. The highest BCUT2D eigenvalue weighted by Crippen LogP contribution is 2.46. The van der Waals surface area contributed by atoms with Gasteiger partial charge < -0.3 is 29.2 Å². The van der Waals surface area contributed by atoms with Crippen LogP contribution in [0.5, 0.6) is 0 Å². The molecule has 1 heterocycles. The predicted molar refractivity (Wildman–Crippen MR) is 624 cm³/mol. The molecule has 21 rings (SSSR count). The fraction of sp³-hybridized carbons (Fsp3) is 0.118. The molecule has 0 bridgehead atoms. The molecule has 20 aromatic rings. The molecule has 1 fully saturated rings. The van der Waals surface area contributed by atoms with Gasteiger partial charge in [0, 0.05) is 87.0 Å². The van der Waals surface area contributed by atoms with Crippen molar-refractivity contribution in [3.05, 3.63) is 574 Å². The first-order valence-electron chi connectivity index (χ1n) is 50.5. The number of morpholine rings is 1. The van der Waals surface area contributed by atoms with Crippen LogP contribution >= 0.6 is 0 Å². The van der Waals surface area contributed by atoms with E-state index in [1.165, 1.54) is 90.7 Å². The van der Waals surface area contributed by atoms with E-state index in [4.69, 9.17) is 4.74 Å². The molecule has 1 atom stereocenters. The zero-order valence-corrected chi connectivity index (χ0v) is 88.6. The molecule has 0 saturated carbocycles. The van der Waals surface area contributed by atoms with Crippen LogP contribution in [0.4, 0.5) is 82.7 Å². The first kappa shape index (κ1) is 103. The van der Waals surface area contributed by atoms with Crippen molar-refractivity contribution in [2.45, 2.75) is 137 Å². The van der Waals surface area contributed by atoms with Crippen LogP contribution in [0.3, 0.4) is 0 Å². The van der Waals surface area contributed by atoms with Crippen LogP contribution in [0, 0.1) is 11.6 Å². The van der Waals surface area contributed by atoms with Crippen LogP contribution in [-0.4, -0.2) is 26.3 Å². The first-order chi connectivity index (χ1) is 72.2. The molecule has 0 N–H and O–H groups in total.